The Balaban J connectivity index is 1.71. The number of carbonyl (C=O) groups is 1. The molecule has 3 rings (SSSR count). The molecule has 1 amide bonds. The van der Waals surface area contributed by atoms with Crippen molar-refractivity contribution >= 4 is 11.9 Å². The number of carbonyl (C=O) groups excluding carboxylic acids is 1. The maximum atomic E-state index is 12.0. The van der Waals surface area contributed by atoms with Crippen molar-refractivity contribution in [3.63, 3.8) is 0 Å². The van der Waals surface area contributed by atoms with E-state index < -0.39 is 0 Å². The quantitative estimate of drug-likeness (QED) is 0.781. The van der Waals surface area contributed by atoms with Crippen molar-refractivity contribution in [3.8, 4) is 17.2 Å². The van der Waals surface area contributed by atoms with Gasteiger partial charge in [-0.3, -0.25) is 10.1 Å². The summed E-state index contributed by atoms with van der Waals surface area (Å²) in [4.78, 5) is 12.0. The largest absolute Gasteiger partial charge is 0.494 e. The minimum absolute atomic E-state index is 0.0581. The number of anilines is 1. The molecule has 0 saturated heterocycles. The molecular formula is C17H15N3O3. The average molecular weight is 309 g/mol. The number of ether oxygens (including phenoxy) is 1. The lowest BCUT2D eigenvalue weighted by atomic mass is 10.2. The summed E-state index contributed by atoms with van der Waals surface area (Å²) >= 11 is 0. The number of hydrogen-bond acceptors (Lipinski definition) is 5. The third-order valence-corrected chi connectivity index (χ3v) is 3.09. The summed E-state index contributed by atoms with van der Waals surface area (Å²) in [5, 5.41) is 10.3. The molecule has 0 fully saturated rings. The standard InChI is InChI=1S/C17H15N3O3/c1-2-22-14-10-8-13(9-11-14)16-19-20-17(23-16)18-15(21)12-6-4-3-5-7-12/h3-11H,2H2,1H3,(H,18,20,21). The van der Waals surface area contributed by atoms with E-state index in [0.29, 0.717) is 18.1 Å². The first-order valence-electron chi connectivity index (χ1n) is 7.19. The van der Waals surface area contributed by atoms with Crippen LogP contribution in [0.4, 0.5) is 6.01 Å². The monoisotopic (exact) mass is 309 g/mol. The molecule has 6 heteroatoms. The van der Waals surface area contributed by atoms with Gasteiger partial charge in [0.05, 0.1) is 6.61 Å². The van der Waals surface area contributed by atoms with Gasteiger partial charge in [-0.1, -0.05) is 23.3 Å². The van der Waals surface area contributed by atoms with Gasteiger partial charge in [0, 0.05) is 11.1 Å². The SMILES string of the molecule is CCOc1ccc(-c2nnc(NC(=O)c3ccccc3)o2)cc1. The van der Waals surface area contributed by atoms with Crippen LogP contribution in [0.3, 0.4) is 0 Å². The highest BCUT2D eigenvalue weighted by Gasteiger charge is 2.12. The van der Waals surface area contributed by atoms with Gasteiger partial charge in [0.2, 0.25) is 5.89 Å². The molecule has 0 aliphatic heterocycles. The van der Waals surface area contributed by atoms with Crippen molar-refractivity contribution in [2.75, 3.05) is 11.9 Å². The maximum Gasteiger partial charge on any atom is 0.322 e. The summed E-state index contributed by atoms with van der Waals surface area (Å²) in [7, 11) is 0. The molecule has 0 radical (unpaired) electrons. The molecule has 1 heterocycles. The highest BCUT2D eigenvalue weighted by Crippen LogP contribution is 2.22. The van der Waals surface area contributed by atoms with Crippen LogP contribution in [0.5, 0.6) is 5.75 Å². The second-order valence-electron chi connectivity index (χ2n) is 4.69. The van der Waals surface area contributed by atoms with Gasteiger partial charge in [-0.25, -0.2) is 0 Å². The summed E-state index contributed by atoms with van der Waals surface area (Å²) in [6.45, 7) is 2.53. The van der Waals surface area contributed by atoms with Crippen LogP contribution in [0.25, 0.3) is 11.5 Å². The lowest BCUT2D eigenvalue weighted by molar-refractivity contribution is 0.102. The minimum Gasteiger partial charge on any atom is -0.494 e. The molecule has 0 spiro atoms. The number of aromatic nitrogens is 2. The van der Waals surface area contributed by atoms with Crippen molar-refractivity contribution in [3.05, 3.63) is 60.2 Å². The van der Waals surface area contributed by atoms with E-state index in [4.69, 9.17) is 9.15 Å². The molecule has 0 unspecified atom stereocenters. The van der Waals surface area contributed by atoms with Gasteiger partial charge in [-0.05, 0) is 43.3 Å². The predicted molar refractivity (Wildman–Crippen MR) is 85.3 cm³/mol. The number of nitrogens with zero attached hydrogens (tertiary/aromatic N) is 2. The fourth-order valence-corrected chi connectivity index (χ4v) is 2.01. The average Bonchev–Trinajstić information content (AvgIpc) is 3.05. The second-order valence-corrected chi connectivity index (χ2v) is 4.69. The molecule has 3 aromatic rings. The van der Waals surface area contributed by atoms with Crippen LogP contribution in [0.1, 0.15) is 17.3 Å². The van der Waals surface area contributed by atoms with Gasteiger partial charge in [0.1, 0.15) is 5.75 Å². The van der Waals surface area contributed by atoms with E-state index in [0.717, 1.165) is 11.3 Å². The van der Waals surface area contributed by atoms with E-state index in [1.54, 1.807) is 24.3 Å². The van der Waals surface area contributed by atoms with Crippen LogP contribution in [0.15, 0.2) is 59.0 Å². The van der Waals surface area contributed by atoms with E-state index in [1.165, 1.54) is 0 Å². The molecule has 6 nitrogen and oxygen atoms in total. The summed E-state index contributed by atoms with van der Waals surface area (Å²) in [6.07, 6.45) is 0. The van der Waals surface area contributed by atoms with E-state index in [-0.39, 0.29) is 11.9 Å². The third kappa shape index (κ3) is 3.55. The Kier molecular flexibility index (Phi) is 4.33. The van der Waals surface area contributed by atoms with Gasteiger partial charge in [-0.2, -0.15) is 0 Å². The van der Waals surface area contributed by atoms with E-state index in [9.17, 15) is 4.79 Å². The molecule has 0 aliphatic rings. The zero-order valence-electron chi connectivity index (χ0n) is 12.5. The van der Waals surface area contributed by atoms with Crippen molar-refractivity contribution in [2.45, 2.75) is 6.92 Å². The topological polar surface area (TPSA) is 77.3 Å². The van der Waals surface area contributed by atoms with Crippen LogP contribution in [-0.2, 0) is 0 Å². The van der Waals surface area contributed by atoms with Gasteiger partial charge >= 0.3 is 6.01 Å². The second kappa shape index (κ2) is 6.74. The van der Waals surface area contributed by atoms with Gasteiger partial charge in [0.25, 0.3) is 5.91 Å². The number of amides is 1. The molecule has 0 atom stereocenters. The van der Waals surface area contributed by atoms with Crippen molar-refractivity contribution in [1.29, 1.82) is 0 Å². The number of rotatable bonds is 5. The number of benzene rings is 2. The molecule has 2 aromatic carbocycles. The molecule has 0 saturated carbocycles. The van der Waals surface area contributed by atoms with Gasteiger partial charge < -0.3 is 9.15 Å². The Morgan fingerprint density at radius 1 is 1.09 bits per heavy atom. The van der Waals surface area contributed by atoms with E-state index >= 15 is 0 Å². The summed E-state index contributed by atoms with van der Waals surface area (Å²) in [6, 6.07) is 16.2. The van der Waals surface area contributed by atoms with Gasteiger partial charge in [0.15, 0.2) is 0 Å². The third-order valence-electron chi connectivity index (χ3n) is 3.09. The van der Waals surface area contributed by atoms with E-state index in [1.807, 2.05) is 37.3 Å². The first-order valence-corrected chi connectivity index (χ1v) is 7.19. The van der Waals surface area contributed by atoms with Crippen LogP contribution in [0.2, 0.25) is 0 Å². The maximum absolute atomic E-state index is 12.0. The lowest BCUT2D eigenvalue weighted by Crippen LogP contribution is -2.11. The van der Waals surface area contributed by atoms with Crippen molar-refractivity contribution in [2.24, 2.45) is 0 Å². The molecule has 0 aliphatic carbocycles. The molecule has 116 valence electrons. The highest BCUT2D eigenvalue weighted by atomic mass is 16.5. The lowest BCUT2D eigenvalue weighted by Gasteiger charge is -2.02. The fourth-order valence-electron chi connectivity index (χ4n) is 2.01. The number of nitrogens with one attached hydrogen (secondary N) is 1. The predicted octanol–water partition coefficient (Wildman–Crippen LogP) is 3.39. The van der Waals surface area contributed by atoms with Crippen molar-refractivity contribution < 1.29 is 13.9 Å². The van der Waals surface area contributed by atoms with Crippen LogP contribution in [-0.4, -0.2) is 22.7 Å². The van der Waals surface area contributed by atoms with E-state index in [2.05, 4.69) is 15.5 Å². The van der Waals surface area contributed by atoms with Crippen LogP contribution >= 0.6 is 0 Å². The molecular weight excluding hydrogens is 294 g/mol. The first-order chi connectivity index (χ1) is 11.3. The summed E-state index contributed by atoms with van der Waals surface area (Å²) < 4.78 is 10.8. The first kappa shape index (κ1) is 14.8. The molecule has 23 heavy (non-hydrogen) atoms. The van der Waals surface area contributed by atoms with Crippen LogP contribution < -0.4 is 10.1 Å². The summed E-state index contributed by atoms with van der Waals surface area (Å²) in [5.41, 5.74) is 1.27. The Morgan fingerprint density at radius 3 is 2.52 bits per heavy atom. The normalized spacial score (nSPS) is 10.3. The Labute approximate surface area is 133 Å². The Hall–Kier alpha value is -3.15. The van der Waals surface area contributed by atoms with Crippen LogP contribution in [0, 0.1) is 0 Å². The smallest absolute Gasteiger partial charge is 0.322 e. The highest BCUT2D eigenvalue weighted by molar-refractivity contribution is 6.03. The number of hydrogen-bond donors (Lipinski definition) is 1. The van der Waals surface area contributed by atoms with Gasteiger partial charge in [-0.15, -0.1) is 5.10 Å². The summed E-state index contributed by atoms with van der Waals surface area (Å²) in [5.74, 6) is 0.803. The zero-order valence-corrected chi connectivity index (χ0v) is 12.5. The Bertz CT molecular complexity index is 782. The Morgan fingerprint density at radius 2 is 1.83 bits per heavy atom. The molecule has 1 aromatic heterocycles. The fraction of sp³-hybridized carbons (Fsp3) is 0.118. The molecule has 1 N–H and O–H groups in total. The zero-order chi connectivity index (χ0) is 16.1. The molecule has 0 bridgehead atoms. The van der Waals surface area contributed by atoms with Crippen molar-refractivity contribution in [1.82, 2.24) is 10.2 Å². The minimum atomic E-state index is -0.299.